The lowest BCUT2D eigenvalue weighted by Gasteiger charge is -2.31. The van der Waals surface area contributed by atoms with Crippen LogP contribution in [0.5, 0.6) is 5.75 Å². The molecule has 2 aliphatic heterocycles. The van der Waals surface area contributed by atoms with E-state index in [1.807, 2.05) is 0 Å². The maximum absolute atomic E-state index is 13.3. The zero-order valence-electron chi connectivity index (χ0n) is 18.0. The van der Waals surface area contributed by atoms with Crippen molar-refractivity contribution in [3.63, 3.8) is 0 Å². The Labute approximate surface area is 188 Å². The number of aryl methyl sites for hydroxylation is 1. The van der Waals surface area contributed by atoms with Crippen molar-refractivity contribution < 1.29 is 22.7 Å². The molecule has 32 heavy (non-hydrogen) atoms. The van der Waals surface area contributed by atoms with Crippen LogP contribution in [0.25, 0.3) is 0 Å². The molecule has 1 fully saturated rings. The smallest absolute Gasteiger partial charge is 0.243 e. The Morgan fingerprint density at radius 3 is 2.66 bits per heavy atom. The first kappa shape index (κ1) is 22.3. The zero-order chi connectivity index (χ0) is 22.7. The molecule has 2 aromatic carbocycles. The number of benzene rings is 2. The second-order valence-corrected chi connectivity index (χ2v) is 10.1. The van der Waals surface area contributed by atoms with E-state index in [0.29, 0.717) is 55.8 Å². The molecule has 2 aliphatic rings. The topological polar surface area (TPSA) is 105 Å². The molecule has 8 nitrogen and oxygen atoms in total. The van der Waals surface area contributed by atoms with E-state index in [1.54, 1.807) is 43.5 Å². The Balaban J connectivity index is 1.47. The minimum atomic E-state index is -3.75. The predicted octanol–water partition coefficient (Wildman–Crippen LogP) is 3.01. The Kier molecular flexibility index (Phi) is 6.48. The van der Waals surface area contributed by atoms with Gasteiger partial charge in [-0.15, -0.1) is 0 Å². The van der Waals surface area contributed by atoms with E-state index < -0.39 is 15.9 Å². The number of piperidine rings is 1. The first-order valence-corrected chi connectivity index (χ1v) is 12.2. The molecule has 2 N–H and O–H groups in total. The summed E-state index contributed by atoms with van der Waals surface area (Å²) in [6.45, 7) is 0.514. The maximum atomic E-state index is 13.3. The number of rotatable bonds is 5. The summed E-state index contributed by atoms with van der Waals surface area (Å²) in [5.41, 5.74) is 2.13. The van der Waals surface area contributed by atoms with E-state index in [2.05, 4.69) is 10.6 Å². The summed E-state index contributed by atoms with van der Waals surface area (Å²) in [6.07, 6.45) is 2.99. The summed E-state index contributed by atoms with van der Waals surface area (Å²) in [7, 11) is -2.17. The monoisotopic (exact) mass is 457 g/mol. The fourth-order valence-electron chi connectivity index (χ4n) is 4.15. The zero-order valence-corrected chi connectivity index (χ0v) is 18.8. The van der Waals surface area contributed by atoms with Crippen molar-refractivity contribution in [1.82, 2.24) is 4.31 Å². The maximum Gasteiger partial charge on any atom is 0.243 e. The number of hydrogen-bond donors (Lipinski definition) is 2. The molecule has 1 saturated heterocycles. The van der Waals surface area contributed by atoms with Crippen LogP contribution in [-0.4, -0.2) is 44.7 Å². The molecule has 4 rings (SSSR count). The number of ether oxygens (including phenoxy) is 1. The first-order valence-electron chi connectivity index (χ1n) is 10.7. The van der Waals surface area contributed by atoms with Gasteiger partial charge >= 0.3 is 0 Å². The molecule has 0 radical (unpaired) electrons. The number of amides is 2. The Morgan fingerprint density at radius 1 is 1.12 bits per heavy atom. The molecule has 1 atom stereocenters. The molecule has 0 spiro atoms. The average Bonchev–Trinajstić information content (AvgIpc) is 2.99. The summed E-state index contributed by atoms with van der Waals surface area (Å²) in [5.74, 6) is 0.0137. The van der Waals surface area contributed by atoms with Gasteiger partial charge in [0.2, 0.25) is 21.8 Å². The number of hydrogen-bond acceptors (Lipinski definition) is 5. The van der Waals surface area contributed by atoms with Crippen molar-refractivity contribution in [3.8, 4) is 5.75 Å². The Hall–Kier alpha value is -2.91. The van der Waals surface area contributed by atoms with Crippen molar-refractivity contribution in [3.05, 3.63) is 48.0 Å². The molecule has 170 valence electrons. The molecule has 0 bridgehead atoms. The molecular weight excluding hydrogens is 430 g/mol. The molecule has 0 aromatic heterocycles. The third-order valence-electron chi connectivity index (χ3n) is 5.95. The Morgan fingerprint density at radius 2 is 1.91 bits per heavy atom. The van der Waals surface area contributed by atoms with E-state index >= 15 is 0 Å². The summed E-state index contributed by atoms with van der Waals surface area (Å²) < 4.78 is 33.1. The van der Waals surface area contributed by atoms with E-state index in [1.165, 1.54) is 10.4 Å². The van der Waals surface area contributed by atoms with Crippen LogP contribution < -0.4 is 15.4 Å². The molecule has 0 unspecified atom stereocenters. The summed E-state index contributed by atoms with van der Waals surface area (Å²) in [6, 6.07) is 11.9. The summed E-state index contributed by atoms with van der Waals surface area (Å²) in [4.78, 5) is 24.7. The number of carbonyl (C=O) groups excluding carboxylic acids is 2. The molecule has 0 aliphatic carbocycles. The van der Waals surface area contributed by atoms with Gasteiger partial charge in [0.1, 0.15) is 5.75 Å². The lowest BCUT2D eigenvalue weighted by Crippen LogP contribution is -2.43. The predicted molar refractivity (Wildman–Crippen MR) is 121 cm³/mol. The fraction of sp³-hybridized carbons (Fsp3) is 0.391. The highest BCUT2D eigenvalue weighted by Gasteiger charge is 2.33. The van der Waals surface area contributed by atoms with Crippen molar-refractivity contribution in [2.24, 2.45) is 5.92 Å². The van der Waals surface area contributed by atoms with Crippen LogP contribution in [-0.2, 0) is 26.0 Å². The minimum Gasteiger partial charge on any atom is -0.497 e. The van der Waals surface area contributed by atoms with Gasteiger partial charge in [-0.2, -0.15) is 4.31 Å². The third-order valence-corrected chi connectivity index (χ3v) is 7.81. The Bertz CT molecular complexity index is 1110. The van der Waals surface area contributed by atoms with Gasteiger partial charge in [0.25, 0.3) is 0 Å². The van der Waals surface area contributed by atoms with E-state index in [0.717, 1.165) is 5.56 Å². The lowest BCUT2D eigenvalue weighted by molar-refractivity contribution is -0.121. The average molecular weight is 458 g/mol. The highest BCUT2D eigenvalue weighted by atomic mass is 32.2. The van der Waals surface area contributed by atoms with Crippen molar-refractivity contribution in [2.45, 2.75) is 37.0 Å². The molecular formula is C23H27N3O5S. The number of sulfonamides is 1. The summed E-state index contributed by atoms with van der Waals surface area (Å²) in [5, 5.41) is 5.70. The van der Waals surface area contributed by atoms with Crippen LogP contribution in [0, 0.1) is 5.92 Å². The number of nitrogens with zero attached hydrogens (tertiary/aromatic N) is 1. The normalized spacial score (nSPS) is 19.4. The first-order chi connectivity index (χ1) is 15.4. The number of nitrogens with one attached hydrogen (secondary N) is 2. The minimum absolute atomic E-state index is 0.0545. The van der Waals surface area contributed by atoms with Crippen LogP contribution in [0.15, 0.2) is 47.4 Å². The second kappa shape index (κ2) is 9.30. The van der Waals surface area contributed by atoms with Gasteiger partial charge in [-0.25, -0.2) is 8.42 Å². The fourth-order valence-corrected chi connectivity index (χ4v) is 5.73. The van der Waals surface area contributed by atoms with Crippen LogP contribution in [0.4, 0.5) is 11.4 Å². The highest BCUT2D eigenvalue weighted by molar-refractivity contribution is 7.89. The van der Waals surface area contributed by atoms with Gasteiger partial charge in [0.15, 0.2) is 0 Å². The second-order valence-electron chi connectivity index (χ2n) is 8.14. The van der Waals surface area contributed by atoms with E-state index in [-0.39, 0.29) is 23.3 Å². The largest absolute Gasteiger partial charge is 0.497 e. The third kappa shape index (κ3) is 4.78. The van der Waals surface area contributed by atoms with Gasteiger partial charge in [-0.05, 0) is 73.7 Å². The quantitative estimate of drug-likeness (QED) is 0.718. The molecule has 9 heteroatoms. The molecule has 0 saturated carbocycles. The van der Waals surface area contributed by atoms with E-state index in [4.69, 9.17) is 4.74 Å². The van der Waals surface area contributed by atoms with E-state index in [9.17, 15) is 18.0 Å². The molecule has 2 aromatic rings. The number of carbonyl (C=O) groups is 2. The van der Waals surface area contributed by atoms with Crippen molar-refractivity contribution in [2.75, 3.05) is 30.8 Å². The van der Waals surface area contributed by atoms with Crippen LogP contribution in [0.3, 0.4) is 0 Å². The number of fused-ring (bicyclic) bond motifs is 1. The van der Waals surface area contributed by atoms with Crippen LogP contribution in [0.2, 0.25) is 0 Å². The summed E-state index contributed by atoms with van der Waals surface area (Å²) >= 11 is 0. The lowest BCUT2D eigenvalue weighted by atomic mass is 9.99. The van der Waals surface area contributed by atoms with Gasteiger partial charge in [-0.1, -0.05) is 0 Å². The number of anilines is 2. The standard InChI is InChI=1S/C23H27N3O5S/c1-31-19-9-7-18(8-10-19)24-23(28)17-5-3-13-26(15-17)32(29,30)20-11-12-21-16(14-20)4-2-6-22(27)25-21/h7-12,14,17H,2-6,13,15H2,1H3,(H,24,28)(H,25,27)/t17-/m1/s1. The van der Waals surface area contributed by atoms with Gasteiger partial charge in [0.05, 0.1) is 17.9 Å². The molecule has 2 heterocycles. The van der Waals surface area contributed by atoms with Gasteiger partial charge in [-0.3, -0.25) is 9.59 Å². The van der Waals surface area contributed by atoms with Crippen molar-refractivity contribution in [1.29, 1.82) is 0 Å². The molecule has 2 amide bonds. The van der Waals surface area contributed by atoms with Crippen LogP contribution >= 0.6 is 0 Å². The van der Waals surface area contributed by atoms with Gasteiger partial charge < -0.3 is 15.4 Å². The highest BCUT2D eigenvalue weighted by Crippen LogP contribution is 2.29. The van der Waals surface area contributed by atoms with Crippen LogP contribution in [0.1, 0.15) is 31.2 Å². The van der Waals surface area contributed by atoms with Crippen molar-refractivity contribution >= 4 is 33.2 Å². The number of methoxy groups -OCH3 is 1. The SMILES string of the molecule is COc1ccc(NC(=O)[C@@H]2CCCN(S(=O)(=O)c3ccc4c(c3)CCCC(=O)N4)C2)cc1. The van der Waals surface area contributed by atoms with Gasteiger partial charge in [0, 0.05) is 30.9 Å².